The first-order chi connectivity index (χ1) is 7.66. The van der Waals surface area contributed by atoms with Gasteiger partial charge in [0.2, 0.25) is 0 Å². The molecule has 0 radical (unpaired) electrons. The lowest BCUT2D eigenvalue weighted by Gasteiger charge is -2.22. The minimum atomic E-state index is -1.01. The average molecular weight is 303 g/mol. The number of rotatable bonds is 3. The number of hydrogen-bond donors (Lipinski definition) is 1. The van der Waals surface area contributed by atoms with Gasteiger partial charge in [-0.2, -0.15) is 4.98 Å². The molecule has 94 valence electrons. The van der Waals surface area contributed by atoms with Crippen LogP contribution >= 0.6 is 15.9 Å². The number of halogens is 1. The predicted molar refractivity (Wildman–Crippen MR) is 67.1 cm³/mol. The second-order valence-corrected chi connectivity index (χ2v) is 5.45. The topological polar surface area (TPSA) is 72.2 Å². The van der Waals surface area contributed by atoms with E-state index in [-0.39, 0.29) is 6.54 Å². The van der Waals surface area contributed by atoms with E-state index in [1.165, 1.54) is 4.57 Å². The van der Waals surface area contributed by atoms with E-state index in [2.05, 4.69) is 20.9 Å². The molecule has 0 aliphatic rings. The quantitative estimate of drug-likeness (QED) is 0.923. The normalized spacial score (nSPS) is 11.6. The van der Waals surface area contributed by atoms with Gasteiger partial charge in [-0.05, 0) is 43.6 Å². The minimum absolute atomic E-state index is 0.0961. The molecule has 0 unspecified atom stereocenters. The summed E-state index contributed by atoms with van der Waals surface area (Å²) in [7, 11) is 0. The van der Waals surface area contributed by atoms with Crippen molar-refractivity contribution in [2.24, 2.45) is 5.41 Å². The van der Waals surface area contributed by atoms with Crippen LogP contribution in [0.4, 0.5) is 0 Å². The molecule has 0 aliphatic carbocycles. The third kappa shape index (κ3) is 2.74. The number of aliphatic carboxylic acids is 1. The molecule has 0 saturated carbocycles. The molecule has 0 atom stereocenters. The summed E-state index contributed by atoms with van der Waals surface area (Å²) >= 11 is 3.34. The highest BCUT2D eigenvalue weighted by Gasteiger charge is 2.29. The van der Waals surface area contributed by atoms with Gasteiger partial charge in [0.15, 0.2) is 0 Å². The van der Waals surface area contributed by atoms with Crippen LogP contribution in [0.3, 0.4) is 0 Å². The highest BCUT2D eigenvalue weighted by molar-refractivity contribution is 9.10. The monoisotopic (exact) mass is 302 g/mol. The molecule has 0 aromatic carbocycles. The van der Waals surface area contributed by atoms with E-state index in [0.717, 1.165) is 4.47 Å². The number of nitrogens with zero attached hydrogens (tertiary/aromatic N) is 2. The zero-order chi connectivity index (χ0) is 13.4. The van der Waals surface area contributed by atoms with Crippen LogP contribution in [-0.2, 0) is 11.3 Å². The zero-order valence-corrected chi connectivity index (χ0v) is 11.8. The molecule has 1 aromatic rings. The molecular weight excluding hydrogens is 288 g/mol. The number of aryl methyl sites for hydroxylation is 1. The molecular formula is C11H15BrN2O3. The second kappa shape index (κ2) is 4.60. The summed E-state index contributed by atoms with van der Waals surface area (Å²) < 4.78 is 2.11. The lowest BCUT2D eigenvalue weighted by atomic mass is 9.93. The van der Waals surface area contributed by atoms with Crippen molar-refractivity contribution in [1.82, 2.24) is 9.55 Å². The van der Waals surface area contributed by atoms with E-state index in [1.807, 2.05) is 0 Å². The highest BCUT2D eigenvalue weighted by atomic mass is 79.9. The van der Waals surface area contributed by atoms with Crippen LogP contribution in [-0.4, -0.2) is 20.6 Å². The van der Waals surface area contributed by atoms with Crippen LogP contribution in [0, 0.1) is 19.3 Å². The van der Waals surface area contributed by atoms with Crippen LogP contribution in [0.25, 0.3) is 0 Å². The Morgan fingerprint density at radius 2 is 2.00 bits per heavy atom. The van der Waals surface area contributed by atoms with Crippen LogP contribution in [0.1, 0.15) is 25.2 Å². The number of carboxylic acids is 1. The average Bonchev–Trinajstić information content (AvgIpc) is 2.21. The Morgan fingerprint density at radius 1 is 1.47 bits per heavy atom. The first kappa shape index (κ1) is 13.9. The Balaban J connectivity index is 3.30. The van der Waals surface area contributed by atoms with E-state index in [9.17, 15) is 9.59 Å². The van der Waals surface area contributed by atoms with Gasteiger partial charge in [-0.3, -0.25) is 9.36 Å². The maximum absolute atomic E-state index is 11.8. The summed E-state index contributed by atoms with van der Waals surface area (Å²) in [6.45, 7) is 6.74. The lowest BCUT2D eigenvalue weighted by molar-refractivity contribution is -0.147. The summed E-state index contributed by atoms with van der Waals surface area (Å²) in [6.07, 6.45) is 0. The molecule has 17 heavy (non-hydrogen) atoms. The van der Waals surface area contributed by atoms with E-state index in [4.69, 9.17) is 5.11 Å². The van der Waals surface area contributed by atoms with Gasteiger partial charge in [0.25, 0.3) is 0 Å². The van der Waals surface area contributed by atoms with E-state index in [0.29, 0.717) is 11.4 Å². The standard InChI is InChI=1S/C11H15BrN2O3/c1-6-8(12)7(2)14(10(17)13-6)5-11(3,4)9(15)16/h5H2,1-4H3,(H,15,16). The van der Waals surface area contributed by atoms with Crippen molar-refractivity contribution < 1.29 is 9.90 Å². The van der Waals surface area contributed by atoms with Crippen molar-refractivity contribution in [3.63, 3.8) is 0 Å². The summed E-state index contributed by atoms with van der Waals surface area (Å²) in [4.78, 5) is 26.6. The van der Waals surface area contributed by atoms with Crippen molar-refractivity contribution >= 4 is 21.9 Å². The van der Waals surface area contributed by atoms with Crippen LogP contribution < -0.4 is 5.69 Å². The molecule has 0 amide bonds. The number of hydrogen-bond acceptors (Lipinski definition) is 3. The van der Waals surface area contributed by atoms with E-state index < -0.39 is 17.1 Å². The maximum atomic E-state index is 11.8. The molecule has 1 aromatic heterocycles. The van der Waals surface area contributed by atoms with Crippen molar-refractivity contribution in [3.05, 3.63) is 26.3 Å². The predicted octanol–water partition coefficient (Wildman–Crippen LogP) is 1.73. The first-order valence-corrected chi connectivity index (χ1v) is 5.93. The summed E-state index contributed by atoms with van der Waals surface area (Å²) in [5, 5.41) is 9.06. The molecule has 1 N–H and O–H groups in total. The number of carbonyl (C=O) groups is 1. The minimum Gasteiger partial charge on any atom is -0.481 e. The molecule has 0 saturated heterocycles. The number of carboxylic acid groups (broad SMARTS) is 1. The molecule has 6 heteroatoms. The molecule has 0 bridgehead atoms. The summed E-state index contributed by atoms with van der Waals surface area (Å²) in [5.74, 6) is -0.944. The fourth-order valence-electron chi connectivity index (χ4n) is 1.43. The van der Waals surface area contributed by atoms with Gasteiger partial charge in [-0.15, -0.1) is 0 Å². The zero-order valence-electron chi connectivity index (χ0n) is 10.2. The molecule has 5 nitrogen and oxygen atoms in total. The van der Waals surface area contributed by atoms with Crippen LogP contribution in [0.2, 0.25) is 0 Å². The van der Waals surface area contributed by atoms with Crippen molar-refractivity contribution in [3.8, 4) is 0 Å². The second-order valence-electron chi connectivity index (χ2n) is 4.65. The lowest BCUT2D eigenvalue weighted by Crippen LogP contribution is -2.36. The van der Waals surface area contributed by atoms with Gasteiger partial charge in [-0.1, -0.05) is 0 Å². The van der Waals surface area contributed by atoms with Crippen LogP contribution in [0.5, 0.6) is 0 Å². The Hall–Kier alpha value is -1.17. The van der Waals surface area contributed by atoms with Gasteiger partial charge in [0.1, 0.15) is 0 Å². The largest absolute Gasteiger partial charge is 0.481 e. The van der Waals surface area contributed by atoms with Gasteiger partial charge in [0.05, 0.1) is 15.6 Å². The van der Waals surface area contributed by atoms with Crippen molar-refractivity contribution in [1.29, 1.82) is 0 Å². The summed E-state index contributed by atoms with van der Waals surface area (Å²) in [5.41, 5.74) is -0.128. The number of aromatic nitrogens is 2. The third-order valence-electron chi connectivity index (χ3n) is 2.67. The third-order valence-corrected chi connectivity index (χ3v) is 3.81. The van der Waals surface area contributed by atoms with E-state index in [1.54, 1.807) is 27.7 Å². The molecule has 0 fully saturated rings. The Morgan fingerprint density at radius 3 is 2.47 bits per heavy atom. The van der Waals surface area contributed by atoms with Gasteiger partial charge in [0, 0.05) is 12.2 Å². The Labute approximate surface area is 108 Å². The Kier molecular flexibility index (Phi) is 3.76. The van der Waals surface area contributed by atoms with E-state index >= 15 is 0 Å². The SMILES string of the molecule is Cc1nc(=O)n(CC(C)(C)C(=O)O)c(C)c1Br. The van der Waals surface area contributed by atoms with Crippen molar-refractivity contribution in [2.75, 3.05) is 0 Å². The van der Waals surface area contributed by atoms with Gasteiger partial charge in [-0.25, -0.2) is 4.79 Å². The first-order valence-electron chi connectivity index (χ1n) is 5.14. The molecule has 0 aliphatic heterocycles. The molecule has 0 spiro atoms. The summed E-state index contributed by atoms with van der Waals surface area (Å²) in [6, 6.07) is 0. The van der Waals surface area contributed by atoms with Crippen LogP contribution in [0.15, 0.2) is 9.27 Å². The highest BCUT2D eigenvalue weighted by Crippen LogP contribution is 2.22. The maximum Gasteiger partial charge on any atom is 0.348 e. The van der Waals surface area contributed by atoms with Crippen molar-refractivity contribution in [2.45, 2.75) is 34.2 Å². The smallest absolute Gasteiger partial charge is 0.348 e. The fraction of sp³-hybridized carbons (Fsp3) is 0.545. The van der Waals surface area contributed by atoms with Gasteiger partial charge < -0.3 is 5.11 Å². The molecule has 1 heterocycles. The van der Waals surface area contributed by atoms with Gasteiger partial charge >= 0.3 is 11.7 Å². The molecule has 1 rings (SSSR count). The Bertz CT molecular complexity index is 520. The fourth-order valence-corrected chi connectivity index (χ4v) is 1.73.